The number of fused-ring (bicyclic) bond motifs is 4. The molecule has 0 saturated carbocycles. The molecular weight excluding hydrogens is 380 g/mol. The highest BCUT2D eigenvalue weighted by Gasteiger charge is 2.37. The van der Waals surface area contributed by atoms with Gasteiger partial charge in [0.25, 0.3) is 11.5 Å². The van der Waals surface area contributed by atoms with Crippen LogP contribution in [0.4, 0.5) is 5.82 Å². The molecule has 0 aliphatic carbocycles. The van der Waals surface area contributed by atoms with E-state index in [0.29, 0.717) is 36.7 Å². The first kappa shape index (κ1) is 18.5. The number of aryl methyl sites for hydroxylation is 1. The highest BCUT2D eigenvalue weighted by Crippen LogP contribution is 2.36. The van der Waals surface area contributed by atoms with Crippen molar-refractivity contribution in [2.24, 2.45) is 5.92 Å². The number of hydrogen-bond acceptors (Lipinski definition) is 6. The Kier molecular flexibility index (Phi) is 4.34. The van der Waals surface area contributed by atoms with Crippen molar-refractivity contribution in [3.8, 4) is 11.3 Å². The lowest BCUT2D eigenvalue weighted by molar-refractivity contribution is 0.0594. The van der Waals surface area contributed by atoms with Crippen molar-refractivity contribution in [3.63, 3.8) is 0 Å². The number of carbonyl (C=O) groups is 1. The van der Waals surface area contributed by atoms with Crippen LogP contribution in [0, 0.1) is 12.8 Å². The number of likely N-dealkylation sites (tertiary alicyclic amines) is 1. The zero-order chi connectivity index (χ0) is 20.8. The fourth-order valence-electron chi connectivity index (χ4n) is 4.58. The van der Waals surface area contributed by atoms with E-state index < -0.39 is 0 Å². The van der Waals surface area contributed by atoms with Crippen molar-refractivity contribution < 1.29 is 4.79 Å². The van der Waals surface area contributed by atoms with E-state index in [4.69, 9.17) is 5.73 Å². The van der Waals surface area contributed by atoms with E-state index in [0.717, 1.165) is 23.4 Å². The maximum Gasteiger partial charge on any atom is 0.255 e. The number of rotatable bonds is 2. The van der Waals surface area contributed by atoms with E-state index in [1.165, 1.54) is 6.33 Å². The van der Waals surface area contributed by atoms with Crippen LogP contribution in [0.2, 0.25) is 0 Å². The average Bonchev–Trinajstić information content (AvgIpc) is 2.74. The minimum atomic E-state index is -0.0445. The van der Waals surface area contributed by atoms with E-state index in [2.05, 4.69) is 15.0 Å². The van der Waals surface area contributed by atoms with E-state index >= 15 is 0 Å². The molecule has 3 aromatic heterocycles. The second-order valence-electron chi connectivity index (χ2n) is 8.14. The molecule has 0 spiro atoms. The molecule has 8 heteroatoms. The normalized spacial score (nSPS) is 20.0. The Morgan fingerprint density at radius 2 is 1.97 bits per heavy atom. The number of anilines is 1. The summed E-state index contributed by atoms with van der Waals surface area (Å²) in [5.41, 5.74) is 9.52. The first-order chi connectivity index (χ1) is 14.5. The zero-order valence-electron chi connectivity index (χ0n) is 16.7. The van der Waals surface area contributed by atoms with Crippen molar-refractivity contribution in [1.82, 2.24) is 24.4 Å². The molecule has 5 heterocycles. The lowest BCUT2D eigenvalue weighted by Gasteiger charge is -2.43. The number of carbonyl (C=O) groups excluding carboxylic acids is 1. The van der Waals surface area contributed by atoms with Gasteiger partial charge in [-0.05, 0) is 37.5 Å². The van der Waals surface area contributed by atoms with Crippen molar-refractivity contribution in [2.45, 2.75) is 25.8 Å². The summed E-state index contributed by atoms with van der Waals surface area (Å²) in [5, 5.41) is 0. The molecule has 2 atom stereocenters. The van der Waals surface area contributed by atoms with Crippen molar-refractivity contribution >= 4 is 11.7 Å². The molecule has 0 aromatic carbocycles. The third-order valence-electron chi connectivity index (χ3n) is 5.99. The smallest absolute Gasteiger partial charge is 0.255 e. The number of piperidine rings is 1. The number of nitrogens with zero attached hydrogens (tertiary/aromatic N) is 5. The minimum absolute atomic E-state index is 0.00674. The summed E-state index contributed by atoms with van der Waals surface area (Å²) >= 11 is 0. The van der Waals surface area contributed by atoms with Gasteiger partial charge < -0.3 is 15.2 Å². The highest BCUT2D eigenvalue weighted by molar-refractivity contribution is 5.94. The molecule has 0 unspecified atom stereocenters. The lowest BCUT2D eigenvalue weighted by Crippen LogP contribution is -2.49. The first-order valence-corrected chi connectivity index (χ1v) is 10.0. The summed E-state index contributed by atoms with van der Waals surface area (Å²) in [6.07, 6.45) is 4.00. The van der Waals surface area contributed by atoms with Gasteiger partial charge in [0.2, 0.25) is 0 Å². The lowest BCUT2D eigenvalue weighted by atomic mass is 9.82. The zero-order valence-corrected chi connectivity index (χ0v) is 16.7. The maximum absolute atomic E-state index is 13.0. The number of nitrogen functional groups attached to an aromatic ring is 1. The summed E-state index contributed by atoms with van der Waals surface area (Å²) in [5.74, 6) is 0.718. The predicted molar refractivity (Wildman–Crippen MR) is 112 cm³/mol. The number of hydrogen-bond donors (Lipinski definition) is 1. The van der Waals surface area contributed by atoms with Gasteiger partial charge in [0.15, 0.2) is 0 Å². The molecule has 152 valence electrons. The Balaban J connectivity index is 1.48. The van der Waals surface area contributed by atoms with Gasteiger partial charge in [-0.15, -0.1) is 0 Å². The molecule has 2 N–H and O–H groups in total. The first-order valence-electron chi connectivity index (χ1n) is 10.0. The summed E-state index contributed by atoms with van der Waals surface area (Å²) in [6, 6.07) is 8.95. The van der Waals surface area contributed by atoms with Crippen LogP contribution >= 0.6 is 0 Å². The van der Waals surface area contributed by atoms with Crippen LogP contribution < -0.4 is 11.3 Å². The second-order valence-corrected chi connectivity index (χ2v) is 8.14. The number of pyridine rings is 2. The van der Waals surface area contributed by atoms with Crippen LogP contribution in [-0.4, -0.2) is 43.4 Å². The van der Waals surface area contributed by atoms with Gasteiger partial charge in [-0.2, -0.15) is 0 Å². The molecule has 1 amide bonds. The van der Waals surface area contributed by atoms with Gasteiger partial charge in [-0.3, -0.25) is 14.6 Å². The van der Waals surface area contributed by atoms with Gasteiger partial charge in [0, 0.05) is 60.8 Å². The Bertz CT molecular complexity index is 1190. The average molecular weight is 402 g/mol. The predicted octanol–water partition coefficient (Wildman–Crippen LogP) is 1.85. The van der Waals surface area contributed by atoms with E-state index in [-0.39, 0.29) is 23.3 Å². The standard InChI is InChI=1S/C22H22N6O2/c1-13-2-3-15(8-24-13)22(30)27-9-14-4-17(11-27)19-5-16(6-21(29)28(19)10-14)18-7-20(23)26-12-25-18/h2-3,5-8,12,14,17H,4,9-11H2,1H3,(H2,23,25,26)/t14-,17+/m0/s1. The number of nitrogens with two attached hydrogens (primary N) is 1. The summed E-state index contributed by atoms with van der Waals surface area (Å²) in [7, 11) is 0. The Morgan fingerprint density at radius 1 is 1.10 bits per heavy atom. The molecule has 0 radical (unpaired) electrons. The second kappa shape index (κ2) is 7.05. The van der Waals surface area contributed by atoms with Crippen LogP contribution in [-0.2, 0) is 6.54 Å². The van der Waals surface area contributed by atoms with Gasteiger partial charge in [0.1, 0.15) is 12.1 Å². The van der Waals surface area contributed by atoms with Gasteiger partial charge in [0.05, 0.1) is 11.3 Å². The van der Waals surface area contributed by atoms with E-state index in [1.54, 1.807) is 18.3 Å². The third kappa shape index (κ3) is 3.24. The molecule has 5 rings (SSSR count). The maximum atomic E-state index is 13.0. The SMILES string of the molecule is Cc1ccc(C(=O)N2C[C@@H]3C[C@H](C2)c2cc(-c4cc(N)ncn4)cc(=O)n2C3)cn1. The van der Waals surface area contributed by atoms with Crippen LogP contribution in [0.25, 0.3) is 11.3 Å². The van der Waals surface area contributed by atoms with Crippen LogP contribution in [0.3, 0.4) is 0 Å². The molecule has 1 saturated heterocycles. The molecule has 30 heavy (non-hydrogen) atoms. The van der Waals surface area contributed by atoms with Crippen molar-refractivity contribution in [1.29, 1.82) is 0 Å². The Morgan fingerprint density at radius 3 is 2.73 bits per heavy atom. The number of amides is 1. The van der Waals surface area contributed by atoms with Crippen molar-refractivity contribution in [3.05, 3.63) is 70.2 Å². The fourth-order valence-corrected chi connectivity index (χ4v) is 4.58. The van der Waals surface area contributed by atoms with Crippen LogP contribution in [0.15, 0.2) is 47.7 Å². The van der Waals surface area contributed by atoms with E-state index in [9.17, 15) is 9.59 Å². The Hall–Kier alpha value is -3.55. The largest absolute Gasteiger partial charge is 0.384 e. The van der Waals surface area contributed by atoms with Gasteiger partial charge in [-0.25, -0.2) is 9.97 Å². The quantitative estimate of drug-likeness (QED) is 0.701. The van der Waals surface area contributed by atoms with Crippen LogP contribution in [0.5, 0.6) is 0 Å². The van der Waals surface area contributed by atoms with Gasteiger partial charge in [-0.1, -0.05) is 0 Å². The molecule has 3 aromatic rings. The molecule has 1 fully saturated rings. The fraction of sp³-hybridized carbons (Fsp3) is 0.318. The topological polar surface area (TPSA) is 107 Å². The molecule has 8 nitrogen and oxygen atoms in total. The van der Waals surface area contributed by atoms with Crippen molar-refractivity contribution in [2.75, 3.05) is 18.8 Å². The molecule has 2 bridgehead atoms. The molecular formula is C22H22N6O2. The summed E-state index contributed by atoms with van der Waals surface area (Å²) < 4.78 is 1.85. The monoisotopic (exact) mass is 402 g/mol. The Labute approximate surface area is 173 Å². The van der Waals surface area contributed by atoms with Crippen LogP contribution in [0.1, 0.15) is 34.1 Å². The highest BCUT2D eigenvalue weighted by atomic mass is 16.2. The summed E-state index contributed by atoms with van der Waals surface area (Å²) in [6.45, 7) is 3.75. The molecule has 2 aliphatic heterocycles. The van der Waals surface area contributed by atoms with E-state index in [1.807, 2.05) is 34.6 Å². The molecule has 2 aliphatic rings. The number of aromatic nitrogens is 4. The van der Waals surface area contributed by atoms with Gasteiger partial charge >= 0.3 is 0 Å². The third-order valence-corrected chi connectivity index (χ3v) is 5.99. The summed E-state index contributed by atoms with van der Waals surface area (Å²) in [4.78, 5) is 40.2. The minimum Gasteiger partial charge on any atom is -0.384 e.